The second-order valence-corrected chi connectivity index (χ2v) is 4.40. The molecule has 0 fully saturated rings. The molecule has 16 heavy (non-hydrogen) atoms. The lowest BCUT2D eigenvalue weighted by molar-refractivity contribution is 1.26. The number of pyridine rings is 1. The standard InChI is InChI=1S/C14H13NS/c1-2-5-13(6-3-1)7-4-12-16-14-8-10-15-11-9-14/h1-11H,12H2/b7-4+. The second-order valence-electron chi connectivity index (χ2n) is 3.31. The van der Waals surface area contributed by atoms with Crippen LogP contribution in [0.3, 0.4) is 0 Å². The Bertz CT molecular complexity index is 437. The van der Waals surface area contributed by atoms with Gasteiger partial charge in [-0.3, -0.25) is 4.98 Å². The summed E-state index contributed by atoms with van der Waals surface area (Å²) in [6.45, 7) is 0. The molecule has 0 N–H and O–H groups in total. The van der Waals surface area contributed by atoms with E-state index >= 15 is 0 Å². The normalized spacial score (nSPS) is 10.8. The van der Waals surface area contributed by atoms with Crippen molar-refractivity contribution in [2.24, 2.45) is 0 Å². The van der Waals surface area contributed by atoms with Gasteiger partial charge >= 0.3 is 0 Å². The molecular formula is C14H13NS. The van der Waals surface area contributed by atoms with Crippen molar-refractivity contribution in [3.05, 3.63) is 66.5 Å². The molecule has 0 saturated carbocycles. The van der Waals surface area contributed by atoms with Gasteiger partial charge in [-0.1, -0.05) is 42.5 Å². The Morgan fingerprint density at radius 2 is 1.75 bits per heavy atom. The first-order valence-corrected chi connectivity index (χ1v) is 6.18. The molecule has 1 heterocycles. The zero-order valence-corrected chi connectivity index (χ0v) is 9.73. The number of hydrogen-bond donors (Lipinski definition) is 0. The Kier molecular flexibility index (Phi) is 4.20. The smallest absolute Gasteiger partial charge is 0.0278 e. The van der Waals surface area contributed by atoms with Crippen molar-refractivity contribution in [3.8, 4) is 0 Å². The maximum atomic E-state index is 3.99. The summed E-state index contributed by atoms with van der Waals surface area (Å²) in [4.78, 5) is 5.25. The Hall–Kier alpha value is -1.54. The van der Waals surface area contributed by atoms with E-state index in [2.05, 4.69) is 41.4 Å². The number of rotatable bonds is 4. The van der Waals surface area contributed by atoms with E-state index < -0.39 is 0 Å². The van der Waals surface area contributed by atoms with E-state index in [4.69, 9.17) is 0 Å². The minimum Gasteiger partial charge on any atom is -0.265 e. The van der Waals surface area contributed by atoms with Gasteiger partial charge in [0.05, 0.1) is 0 Å². The van der Waals surface area contributed by atoms with Crippen LogP contribution in [-0.2, 0) is 0 Å². The molecule has 1 aromatic heterocycles. The summed E-state index contributed by atoms with van der Waals surface area (Å²) in [5, 5.41) is 0. The molecule has 0 radical (unpaired) electrons. The van der Waals surface area contributed by atoms with Crippen molar-refractivity contribution in [1.29, 1.82) is 0 Å². The van der Waals surface area contributed by atoms with Gasteiger partial charge in [-0.25, -0.2) is 0 Å². The van der Waals surface area contributed by atoms with Gasteiger partial charge < -0.3 is 0 Å². The number of benzene rings is 1. The van der Waals surface area contributed by atoms with Gasteiger partial charge in [0.2, 0.25) is 0 Å². The van der Waals surface area contributed by atoms with Crippen molar-refractivity contribution in [2.45, 2.75) is 4.90 Å². The summed E-state index contributed by atoms with van der Waals surface area (Å²) in [5.74, 6) is 0.985. The maximum absolute atomic E-state index is 3.99. The number of nitrogens with zero attached hydrogens (tertiary/aromatic N) is 1. The van der Waals surface area contributed by atoms with E-state index in [1.54, 1.807) is 0 Å². The molecule has 2 aromatic rings. The summed E-state index contributed by atoms with van der Waals surface area (Å²) >= 11 is 1.81. The number of aromatic nitrogens is 1. The molecular weight excluding hydrogens is 214 g/mol. The molecule has 2 heteroatoms. The van der Waals surface area contributed by atoms with Crippen LogP contribution in [0.4, 0.5) is 0 Å². The Labute approximate surface area is 100 Å². The molecule has 0 spiro atoms. The number of thioether (sulfide) groups is 1. The molecule has 1 aromatic carbocycles. The molecule has 0 unspecified atom stereocenters. The predicted molar refractivity (Wildman–Crippen MR) is 70.4 cm³/mol. The fourth-order valence-electron chi connectivity index (χ4n) is 1.33. The molecule has 0 bridgehead atoms. The van der Waals surface area contributed by atoms with Crippen LogP contribution in [0.2, 0.25) is 0 Å². The van der Waals surface area contributed by atoms with Crippen molar-refractivity contribution >= 4 is 17.8 Å². The van der Waals surface area contributed by atoms with Crippen molar-refractivity contribution in [2.75, 3.05) is 5.75 Å². The summed E-state index contributed by atoms with van der Waals surface area (Å²) < 4.78 is 0. The summed E-state index contributed by atoms with van der Waals surface area (Å²) in [7, 11) is 0. The Morgan fingerprint density at radius 3 is 2.50 bits per heavy atom. The van der Waals surface area contributed by atoms with E-state index in [0.717, 1.165) is 5.75 Å². The third-order valence-electron chi connectivity index (χ3n) is 2.11. The van der Waals surface area contributed by atoms with Crippen LogP contribution in [0.5, 0.6) is 0 Å². The van der Waals surface area contributed by atoms with Gasteiger partial charge in [0.15, 0.2) is 0 Å². The zero-order valence-electron chi connectivity index (χ0n) is 8.91. The van der Waals surface area contributed by atoms with Crippen LogP contribution in [0.15, 0.2) is 65.8 Å². The lowest BCUT2D eigenvalue weighted by Crippen LogP contribution is -1.75. The van der Waals surface area contributed by atoms with Crippen LogP contribution >= 0.6 is 11.8 Å². The van der Waals surface area contributed by atoms with Gasteiger partial charge in [0.25, 0.3) is 0 Å². The Balaban J connectivity index is 1.83. The fourth-order valence-corrected chi connectivity index (χ4v) is 2.03. The summed E-state index contributed by atoms with van der Waals surface area (Å²) in [5.41, 5.74) is 1.25. The highest BCUT2D eigenvalue weighted by atomic mass is 32.2. The lowest BCUT2D eigenvalue weighted by Gasteiger charge is -1.96. The molecule has 0 aliphatic heterocycles. The van der Waals surface area contributed by atoms with E-state index in [9.17, 15) is 0 Å². The van der Waals surface area contributed by atoms with Crippen molar-refractivity contribution in [1.82, 2.24) is 4.98 Å². The molecule has 0 aliphatic carbocycles. The van der Waals surface area contributed by atoms with Crippen LogP contribution in [-0.4, -0.2) is 10.7 Å². The van der Waals surface area contributed by atoms with Crippen molar-refractivity contribution < 1.29 is 0 Å². The van der Waals surface area contributed by atoms with Crippen LogP contribution in [0, 0.1) is 0 Å². The topological polar surface area (TPSA) is 12.9 Å². The van der Waals surface area contributed by atoms with Gasteiger partial charge in [-0.2, -0.15) is 0 Å². The van der Waals surface area contributed by atoms with Crippen LogP contribution in [0.1, 0.15) is 5.56 Å². The predicted octanol–water partition coefficient (Wildman–Crippen LogP) is 3.89. The molecule has 0 amide bonds. The third kappa shape index (κ3) is 3.55. The highest BCUT2D eigenvalue weighted by Crippen LogP contribution is 2.16. The SMILES string of the molecule is C(=C\c1ccccc1)/CSc1ccncc1. The van der Waals surface area contributed by atoms with Gasteiger partial charge in [0, 0.05) is 23.0 Å². The quantitative estimate of drug-likeness (QED) is 0.735. The zero-order chi connectivity index (χ0) is 11.1. The minimum absolute atomic E-state index is 0.985. The van der Waals surface area contributed by atoms with Gasteiger partial charge in [-0.05, 0) is 17.7 Å². The van der Waals surface area contributed by atoms with Gasteiger partial charge in [-0.15, -0.1) is 11.8 Å². The van der Waals surface area contributed by atoms with E-state index in [1.165, 1.54) is 10.5 Å². The van der Waals surface area contributed by atoms with E-state index in [1.807, 2.05) is 42.4 Å². The number of hydrogen-bond acceptors (Lipinski definition) is 2. The second kappa shape index (κ2) is 6.13. The molecule has 0 aliphatic rings. The molecule has 80 valence electrons. The largest absolute Gasteiger partial charge is 0.265 e. The minimum atomic E-state index is 0.985. The lowest BCUT2D eigenvalue weighted by atomic mass is 10.2. The van der Waals surface area contributed by atoms with Crippen LogP contribution < -0.4 is 0 Å². The molecule has 0 atom stereocenters. The van der Waals surface area contributed by atoms with Crippen molar-refractivity contribution in [3.63, 3.8) is 0 Å². The highest BCUT2D eigenvalue weighted by molar-refractivity contribution is 7.99. The average molecular weight is 227 g/mol. The first kappa shape index (κ1) is 11.0. The fraction of sp³-hybridized carbons (Fsp3) is 0.0714. The summed E-state index contributed by atoms with van der Waals surface area (Å²) in [6.07, 6.45) is 7.97. The first-order chi connectivity index (χ1) is 7.95. The molecule has 1 nitrogen and oxygen atoms in total. The summed E-state index contributed by atoms with van der Waals surface area (Å²) in [6, 6.07) is 14.4. The van der Waals surface area contributed by atoms with Crippen LogP contribution in [0.25, 0.3) is 6.08 Å². The Morgan fingerprint density at radius 1 is 1.00 bits per heavy atom. The van der Waals surface area contributed by atoms with E-state index in [0.29, 0.717) is 0 Å². The maximum Gasteiger partial charge on any atom is 0.0278 e. The third-order valence-corrected chi connectivity index (χ3v) is 3.07. The van der Waals surface area contributed by atoms with Gasteiger partial charge in [0.1, 0.15) is 0 Å². The monoisotopic (exact) mass is 227 g/mol. The molecule has 0 saturated heterocycles. The first-order valence-electron chi connectivity index (χ1n) is 5.19. The molecule has 2 rings (SSSR count). The average Bonchev–Trinajstić information content (AvgIpc) is 2.37. The van der Waals surface area contributed by atoms with E-state index in [-0.39, 0.29) is 0 Å². The highest BCUT2D eigenvalue weighted by Gasteiger charge is 1.89.